The van der Waals surface area contributed by atoms with E-state index in [1.54, 1.807) is 0 Å². The topological polar surface area (TPSA) is 46.6 Å². The molecular formula is C14H17NO3. The summed E-state index contributed by atoms with van der Waals surface area (Å²) in [5.41, 5.74) is 2.03. The molecule has 1 aliphatic rings. The lowest BCUT2D eigenvalue weighted by atomic mass is 10.1. The van der Waals surface area contributed by atoms with Crippen molar-refractivity contribution in [3.05, 3.63) is 35.4 Å². The van der Waals surface area contributed by atoms with Gasteiger partial charge in [0, 0.05) is 19.5 Å². The van der Waals surface area contributed by atoms with E-state index in [4.69, 9.17) is 0 Å². The minimum absolute atomic E-state index is 0.230. The summed E-state index contributed by atoms with van der Waals surface area (Å²) in [7, 11) is 1.38. The number of benzene rings is 1. The Balaban J connectivity index is 1.95. The maximum Gasteiger partial charge on any atom is 0.309 e. The quantitative estimate of drug-likeness (QED) is 0.758. The van der Waals surface area contributed by atoms with Crippen molar-refractivity contribution in [1.82, 2.24) is 4.90 Å². The van der Waals surface area contributed by atoms with Crippen LogP contribution in [0, 0.1) is 0 Å². The summed E-state index contributed by atoms with van der Waals surface area (Å²) in [4.78, 5) is 24.5. The highest BCUT2D eigenvalue weighted by Gasteiger charge is 2.19. The number of rotatable bonds is 4. The van der Waals surface area contributed by atoms with Gasteiger partial charge >= 0.3 is 5.97 Å². The Labute approximate surface area is 107 Å². The Hall–Kier alpha value is -1.84. The van der Waals surface area contributed by atoms with E-state index in [0.717, 1.165) is 24.1 Å². The van der Waals surface area contributed by atoms with Gasteiger partial charge in [0.05, 0.1) is 13.5 Å². The molecule has 2 rings (SSSR count). The Bertz CT molecular complexity index is 439. The van der Waals surface area contributed by atoms with E-state index in [9.17, 15) is 9.59 Å². The number of methoxy groups -OCH3 is 1. The summed E-state index contributed by atoms with van der Waals surface area (Å²) in [6.45, 7) is 1.51. The summed E-state index contributed by atoms with van der Waals surface area (Å²) in [5, 5.41) is 0. The summed E-state index contributed by atoms with van der Waals surface area (Å²) < 4.78 is 4.61. The molecule has 0 radical (unpaired) electrons. The van der Waals surface area contributed by atoms with E-state index < -0.39 is 0 Å². The number of carbonyl (C=O) groups is 2. The SMILES string of the molecule is COC(=O)Cc1ccc(CN2CCCC2=O)cc1. The standard InChI is InChI=1S/C14H17NO3/c1-18-14(17)9-11-4-6-12(7-5-11)10-15-8-2-3-13(15)16/h4-7H,2-3,8-10H2,1H3. The second-order valence-corrected chi connectivity index (χ2v) is 4.49. The van der Waals surface area contributed by atoms with Crippen molar-refractivity contribution in [2.45, 2.75) is 25.8 Å². The van der Waals surface area contributed by atoms with Crippen LogP contribution in [0.3, 0.4) is 0 Å². The van der Waals surface area contributed by atoms with Crippen LogP contribution in [0.1, 0.15) is 24.0 Å². The molecule has 0 bridgehead atoms. The molecule has 1 heterocycles. The lowest BCUT2D eigenvalue weighted by Gasteiger charge is -2.15. The Morgan fingerprint density at radius 3 is 2.50 bits per heavy atom. The Kier molecular flexibility index (Phi) is 3.97. The molecule has 1 aliphatic heterocycles. The normalized spacial score (nSPS) is 14.9. The van der Waals surface area contributed by atoms with Gasteiger partial charge in [-0.3, -0.25) is 9.59 Å². The molecule has 0 aromatic heterocycles. The first kappa shape index (κ1) is 12.6. The molecule has 1 aromatic carbocycles. The summed E-state index contributed by atoms with van der Waals surface area (Å²) >= 11 is 0. The first-order chi connectivity index (χ1) is 8.69. The molecule has 1 amide bonds. The Morgan fingerprint density at radius 1 is 1.28 bits per heavy atom. The third-order valence-corrected chi connectivity index (χ3v) is 3.14. The maximum absolute atomic E-state index is 11.5. The summed E-state index contributed by atoms with van der Waals surface area (Å²) in [6, 6.07) is 7.74. The van der Waals surface area contributed by atoms with Crippen LogP contribution < -0.4 is 0 Å². The van der Waals surface area contributed by atoms with Crippen molar-refractivity contribution in [1.29, 1.82) is 0 Å². The van der Waals surface area contributed by atoms with Crippen LogP contribution in [0.2, 0.25) is 0 Å². The zero-order valence-electron chi connectivity index (χ0n) is 10.5. The largest absolute Gasteiger partial charge is 0.469 e. The fraction of sp³-hybridized carbons (Fsp3) is 0.429. The molecule has 4 nitrogen and oxygen atoms in total. The number of esters is 1. The number of ether oxygens (including phenoxy) is 1. The zero-order chi connectivity index (χ0) is 13.0. The van der Waals surface area contributed by atoms with Crippen LogP contribution >= 0.6 is 0 Å². The van der Waals surface area contributed by atoms with Crippen molar-refractivity contribution >= 4 is 11.9 Å². The molecule has 18 heavy (non-hydrogen) atoms. The maximum atomic E-state index is 11.5. The van der Waals surface area contributed by atoms with Crippen LogP contribution in [-0.4, -0.2) is 30.4 Å². The monoisotopic (exact) mass is 247 g/mol. The predicted octanol–water partition coefficient (Wildman–Crippen LogP) is 1.52. The molecule has 0 aliphatic carbocycles. The lowest BCUT2D eigenvalue weighted by Crippen LogP contribution is -2.23. The number of hydrogen-bond acceptors (Lipinski definition) is 3. The first-order valence-electron chi connectivity index (χ1n) is 6.11. The van der Waals surface area contributed by atoms with Crippen LogP contribution in [-0.2, 0) is 27.3 Å². The van der Waals surface area contributed by atoms with E-state index in [-0.39, 0.29) is 11.9 Å². The minimum atomic E-state index is -0.238. The smallest absolute Gasteiger partial charge is 0.309 e. The fourth-order valence-corrected chi connectivity index (χ4v) is 2.09. The summed E-state index contributed by atoms with van der Waals surface area (Å²) in [5.74, 6) is -0.00823. The molecule has 0 N–H and O–H groups in total. The van der Waals surface area contributed by atoms with Crippen molar-refractivity contribution in [3.63, 3.8) is 0 Å². The third-order valence-electron chi connectivity index (χ3n) is 3.14. The third kappa shape index (κ3) is 3.09. The molecule has 1 aromatic rings. The molecule has 1 saturated heterocycles. The molecule has 0 atom stereocenters. The number of carbonyl (C=O) groups excluding carboxylic acids is 2. The first-order valence-corrected chi connectivity index (χ1v) is 6.11. The van der Waals surface area contributed by atoms with E-state index in [1.807, 2.05) is 29.2 Å². The highest BCUT2D eigenvalue weighted by atomic mass is 16.5. The van der Waals surface area contributed by atoms with Gasteiger partial charge in [0.25, 0.3) is 0 Å². The van der Waals surface area contributed by atoms with Crippen molar-refractivity contribution < 1.29 is 14.3 Å². The molecule has 4 heteroatoms. The van der Waals surface area contributed by atoms with Gasteiger partial charge in [-0.2, -0.15) is 0 Å². The molecule has 0 saturated carbocycles. The zero-order valence-corrected chi connectivity index (χ0v) is 10.5. The van der Waals surface area contributed by atoms with Gasteiger partial charge in [-0.1, -0.05) is 24.3 Å². The van der Waals surface area contributed by atoms with Crippen LogP contribution in [0.5, 0.6) is 0 Å². The minimum Gasteiger partial charge on any atom is -0.469 e. The van der Waals surface area contributed by atoms with Crippen molar-refractivity contribution in [2.24, 2.45) is 0 Å². The van der Waals surface area contributed by atoms with Gasteiger partial charge in [0.2, 0.25) is 5.91 Å². The van der Waals surface area contributed by atoms with Gasteiger partial charge in [0.15, 0.2) is 0 Å². The average Bonchev–Trinajstić information content (AvgIpc) is 2.77. The highest BCUT2D eigenvalue weighted by Crippen LogP contribution is 2.15. The van der Waals surface area contributed by atoms with Gasteiger partial charge in [-0.25, -0.2) is 0 Å². The highest BCUT2D eigenvalue weighted by molar-refractivity contribution is 5.78. The lowest BCUT2D eigenvalue weighted by molar-refractivity contribution is -0.139. The van der Waals surface area contributed by atoms with Crippen molar-refractivity contribution in [2.75, 3.05) is 13.7 Å². The van der Waals surface area contributed by atoms with Gasteiger partial charge < -0.3 is 9.64 Å². The number of amides is 1. The molecule has 0 unspecified atom stereocenters. The van der Waals surface area contributed by atoms with Crippen LogP contribution in [0.25, 0.3) is 0 Å². The second-order valence-electron chi connectivity index (χ2n) is 4.49. The second kappa shape index (κ2) is 5.67. The van der Waals surface area contributed by atoms with Gasteiger partial charge in [-0.15, -0.1) is 0 Å². The molecule has 0 spiro atoms. The molecule has 1 fully saturated rings. The molecular weight excluding hydrogens is 230 g/mol. The van der Waals surface area contributed by atoms with Crippen LogP contribution in [0.4, 0.5) is 0 Å². The van der Waals surface area contributed by atoms with E-state index >= 15 is 0 Å². The number of hydrogen-bond donors (Lipinski definition) is 0. The Morgan fingerprint density at radius 2 is 1.94 bits per heavy atom. The fourth-order valence-electron chi connectivity index (χ4n) is 2.09. The average molecular weight is 247 g/mol. The van der Waals surface area contributed by atoms with Gasteiger partial charge in [0.1, 0.15) is 0 Å². The van der Waals surface area contributed by atoms with E-state index in [0.29, 0.717) is 19.4 Å². The van der Waals surface area contributed by atoms with Crippen molar-refractivity contribution in [3.8, 4) is 0 Å². The number of nitrogens with zero attached hydrogens (tertiary/aromatic N) is 1. The van der Waals surface area contributed by atoms with Crippen LogP contribution in [0.15, 0.2) is 24.3 Å². The number of likely N-dealkylation sites (tertiary alicyclic amines) is 1. The summed E-state index contributed by atoms with van der Waals surface area (Å²) in [6.07, 6.45) is 1.92. The van der Waals surface area contributed by atoms with E-state index in [2.05, 4.69) is 4.74 Å². The van der Waals surface area contributed by atoms with Gasteiger partial charge in [-0.05, 0) is 17.5 Å². The molecule has 96 valence electrons. The predicted molar refractivity (Wildman–Crippen MR) is 66.8 cm³/mol. The van der Waals surface area contributed by atoms with E-state index in [1.165, 1.54) is 7.11 Å².